The van der Waals surface area contributed by atoms with Crippen LogP contribution in [0.15, 0.2) is 45.1 Å². The minimum Gasteiger partial charge on any atom is -0.480 e. The molecule has 3 rings (SSSR count). The lowest BCUT2D eigenvalue weighted by Crippen LogP contribution is -2.37. The Labute approximate surface area is 159 Å². The summed E-state index contributed by atoms with van der Waals surface area (Å²) in [6, 6.07) is 9.51. The molecule has 3 aromatic rings. The van der Waals surface area contributed by atoms with Gasteiger partial charge < -0.3 is 9.67 Å². The highest BCUT2D eigenvalue weighted by atomic mass is 32.2. The standard InChI is InChI=1S/C18H20N4O4S/c1-4-12(16(24)25)27-17-19-14-13(15(23)21(3)18(26)20(14)2)22(17)10-11-8-6-5-7-9-11/h5-9,12H,4,10H2,1-3H3,(H,24,25). The van der Waals surface area contributed by atoms with Crippen molar-refractivity contribution in [2.75, 3.05) is 0 Å². The second kappa shape index (κ2) is 7.43. The van der Waals surface area contributed by atoms with Gasteiger partial charge in [-0.3, -0.25) is 18.7 Å². The molecule has 2 aromatic heterocycles. The van der Waals surface area contributed by atoms with Gasteiger partial charge in [-0.25, -0.2) is 9.78 Å². The van der Waals surface area contributed by atoms with Crippen LogP contribution in [0.5, 0.6) is 0 Å². The maximum atomic E-state index is 12.8. The van der Waals surface area contributed by atoms with Crippen LogP contribution >= 0.6 is 11.8 Å². The molecule has 1 unspecified atom stereocenters. The monoisotopic (exact) mass is 388 g/mol. The first-order chi connectivity index (χ1) is 12.8. The molecule has 0 amide bonds. The van der Waals surface area contributed by atoms with E-state index in [2.05, 4.69) is 4.98 Å². The van der Waals surface area contributed by atoms with Crippen LogP contribution in [0.1, 0.15) is 18.9 Å². The van der Waals surface area contributed by atoms with Gasteiger partial charge in [0.05, 0.1) is 6.54 Å². The molecule has 0 spiro atoms. The van der Waals surface area contributed by atoms with Gasteiger partial charge in [-0.05, 0) is 12.0 Å². The van der Waals surface area contributed by atoms with Gasteiger partial charge in [0.1, 0.15) is 5.25 Å². The number of hydrogen-bond acceptors (Lipinski definition) is 5. The molecule has 1 atom stereocenters. The van der Waals surface area contributed by atoms with Crippen LogP contribution in [0.4, 0.5) is 0 Å². The number of nitrogens with zero attached hydrogens (tertiary/aromatic N) is 4. The molecule has 0 aliphatic rings. The van der Waals surface area contributed by atoms with Crippen molar-refractivity contribution in [3.8, 4) is 0 Å². The Morgan fingerprint density at radius 1 is 1.19 bits per heavy atom. The predicted octanol–water partition coefficient (Wildman–Crippen LogP) is 1.44. The third kappa shape index (κ3) is 3.42. The Bertz CT molecular complexity index is 1110. The van der Waals surface area contributed by atoms with Crippen LogP contribution in [0.3, 0.4) is 0 Å². The van der Waals surface area contributed by atoms with E-state index < -0.39 is 22.5 Å². The van der Waals surface area contributed by atoms with Gasteiger partial charge in [0.2, 0.25) is 0 Å². The Balaban J connectivity index is 2.27. The van der Waals surface area contributed by atoms with Crippen molar-refractivity contribution >= 4 is 28.9 Å². The maximum absolute atomic E-state index is 12.8. The van der Waals surface area contributed by atoms with Gasteiger partial charge in [-0.2, -0.15) is 0 Å². The van der Waals surface area contributed by atoms with Crippen molar-refractivity contribution in [2.24, 2.45) is 14.1 Å². The molecular formula is C18H20N4O4S. The fourth-order valence-corrected chi connectivity index (χ4v) is 3.81. The second-order valence-corrected chi connectivity index (χ2v) is 7.37. The average molecular weight is 388 g/mol. The van der Waals surface area contributed by atoms with Crippen molar-refractivity contribution in [3.63, 3.8) is 0 Å². The number of aromatic nitrogens is 4. The van der Waals surface area contributed by atoms with Gasteiger partial charge in [-0.15, -0.1) is 0 Å². The van der Waals surface area contributed by atoms with Crippen molar-refractivity contribution in [1.29, 1.82) is 0 Å². The number of thioether (sulfide) groups is 1. The summed E-state index contributed by atoms with van der Waals surface area (Å²) in [6.07, 6.45) is 0.408. The molecule has 0 bridgehead atoms. The van der Waals surface area contributed by atoms with Gasteiger partial charge in [0, 0.05) is 14.1 Å². The molecule has 2 heterocycles. The summed E-state index contributed by atoms with van der Waals surface area (Å²) < 4.78 is 4.04. The van der Waals surface area contributed by atoms with Gasteiger partial charge in [0.15, 0.2) is 16.3 Å². The third-order valence-corrected chi connectivity index (χ3v) is 5.73. The molecule has 0 aliphatic heterocycles. The molecule has 0 aliphatic carbocycles. The molecule has 0 fully saturated rings. The zero-order valence-electron chi connectivity index (χ0n) is 15.2. The lowest BCUT2D eigenvalue weighted by Gasteiger charge is -2.12. The quantitative estimate of drug-likeness (QED) is 0.642. The number of carboxylic acid groups (broad SMARTS) is 1. The van der Waals surface area contributed by atoms with E-state index in [0.29, 0.717) is 18.1 Å². The smallest absolute Gasteiger partial charge is 0.332 e. The zero-order chi connectivity index (χ0) is 19.7. The summed E-state index contributed by atoms with van der Waals surface area (Å²) in [5.74, 6) is -0.942. The van der Waals surface area contributed by atoms with E-state index in [9.17, 15) is 19.5 Å². The normalized spacial score (nSPS) is 12.4. The molecule has 1 N–H and O–H groups in total. The number of aliphatic carboxylic acids is 1. The SMILES string of the molecule is CCC(Sc1nc2c(c(=O)n(C)c(=O)n2C)n1Cc1ccccc1)C(=O)O. The lowest BCUT2D eigenvalue weighted by molar-refractivity contribution is -0.136. The largest absolute Gasteiger partial charge is 0.480 e. The Kier molecular flexibility index (Phi) is 5.22. The van der Waals surface area contributed by atoms with E-state index in [4.69, 9.17) is 0 Å². The minimum atomic E-state index is -0.942. The number of carboxylic acids is 1. The maximum Gasteiger partial charge on any atom is 0.332 e. The van der Waals surface area contributed by atoms with Gasteiger partial charge in [0.25, 0.3) is 5.56 Å². The Morgan fingerprint density at radius 3 is 2.44 bits per heavy atom. The highest BCUT2D eigenvalue weighted by Gasteiger charge is 2.24. The van der Waals surface area contributed by atoms with Crippen molar-refractivity contribution < 1.29 is 9.90 Å². The van der Waals surface area contributed by atoms with Crippen LogP contribution in [-0.4, -0.2) is 35.0 Å². The van der Waals surface area contributed by atoms with Crippen LogP contribution in [0, 0.1) is 0 Å². The van der Waals surface area contributed by atoms with Gasteiger partial charge >= 0.3 is 11.7 Å². The number of benzene rings is 1. The highest BCUT2D eigenvalue weighted by Crippen LogP contribution is 2.28. The molecule has 142 valence electrons. The molecule has 9 heteroatoms. The fraction of sp³-hybridized carbons (Fsp3) is 0.333. The first-order valence-electron chi connectivity index (χ1n) is 8.44. The highest BCUT2D eigenvalue weighted by molar-refractivity contribution is 8.00. The first kappa shape index (κ1) is 19.0. The first-order valence-corrected chi connectivity index (χ1v) is 9.32. The molecule has 0 radical (unpaired) electrons. The van der Waals surface area contributed by atoms with Gasteiger partial charge in [-0.1, -0.05) is 49.0 Å². The molecule has 0 saturated heterocycles. The molecule has 27 heavy (non-hydrogen) atoms. The number of imidazole rings is 1. The third-order valence-electron chi connectivity index (χ3n) is 4.39. The van der Waals surface area contributed by atoms with Crippen LogP contribution in [0.2, 0.25) is 0 Å². The summed E-state index contributed by atoms with van der Waals surface area (Å²) in [6.45, 7) is 2.13. The Morgan fingerprint density at radius 2 is 1.85 bits per heavy atom. The van der Waals surface area contributed by atoms with E-state index in [-0.39, 0.29) is 11.2 Å². The summed E-state index contributed by atoms with van der Waals surface area (Å²) >= 11 is 1.09. The number of fused-ring (bicyclic) bond motifs is 1. The van der Waals surface area contributed by atoms with E-state index in [0.717, 1.165) is 21.9 Å². The van der Waals surface area contributed by atoms with Crippen molar-refractivity contribution in [1.82, 2.24) is 18.7 Å². The summed E-state index contributed by atoms with van der Waals surface area (Å²) in [5.41, 5.74) is 0.552. The van der Waals surface area contributed by atoms with Crippen LogP contribution in [-0.2, 0) is 25.4 Å². The summed E-state index contributed by atoms with van der Waals surface area (Å²) in [7, 11) is 2.97. The van der Waals surface area contributed by atoms with Crippen LogP contribution in [0.25, 0.3) is 11.2 Å². The second-order valence-electron chi connectivity index (χ2n) is 6.20. The Hall–Kier alpha value is -2.81. The zero-order valence-corrected chi connectivity index (χ0v) is 16.1. The topological polar surface area (TPSA) is 99.1 Å². The van der Waals surface area contributed by atoms with E-state index in [1.807, 2.05) is 30.3 Å². The van der Waals surface area contributed by atoms with Crippen LogP contribution < -0.4 is 11.2 Å². The summed E-state index contributed by atoms with van der Waals surface area (Å²) in [4.78, 5) is 41.0. The fourth-order valence-electron chi connectivity index (χ4n) is 2.86. The summed E-state index contributed by atoms with van der Waals surface area (Å²) in [5, 5.41) is 9.12. The van der Waals surface area contributed by atoms with E-state index in [1.54, 1.807) is 18.5 Å². The molecule has 8 nitrogen and oxygen atoms in total. The van der Waals surface area contributed by atoms with E-state index in [1.165, 1.54) is 11.6 Å². The van der Waals surface area contributed by atoms with Crippen molar-refractivity contribution in [2.45, 2.75) is 30.3 Å². The lowest BCUT2D eigenvalue weighted by atomic mass is 10.2. The molecule has 1 aromatic carbocycles. The molecule has 0 saturated carbocycles. The molecular weight excluding hydrogens is 368 g/mol. The van der Waals surface area contributed by atoms with Crippen molar-refractivity contribution in [3.05, 3.63) is 56.7 Å². The number of rotatable bonds is 6. The predicted molar refractivity (Wildman–Crippen MR) is 103 cm³/mol. The number of aryl methyl sites for hydroxylation is 1. The minimum absolute atomic E-state index is 0.252. The van der Waals surface area contributed by atoms with E-state index >= 15 is 0 Å². The number of carbonyl (C=O) groups is 1. The number of hydrogen-bond donors (Lipinski definition) is 1. The average Bonchev–Trinajstić information content (AvgIpc) is 3.01.